The summed E-state index contributed by atoms with van der Waals surface area (Å²) in [6.07, 6.45) is 0. The molecule has 0 aromatic carbocycles. The van der Waals surface area contributed by atoms with E-state index in [-0.39, 0.29) is 15.6 Å². The zero-order valence-corrected chi connectivity index (χ0v) is 6.48. The van der Waals surface area contributed by atoms with Crippen molar-refractivity contribution in [1.29, 1.82) is 0 Å². The third kappa shape index (κ3) is 2.39. The first kappa shape index (κ1) is 6.69. The molecule has 0 bridgehead atoms. The van der Waals surface area contributed by atoms with E-state index in [1.807, 2.05) is 7.05 Å². The number of nitrogens with zero attached hydrogens (tertiary/aromatic N) is 1. The highest BCUT2D eigenvalue weighted by Crippen LogP contribution is 1.75. The number of carbonyl (C=O) groups is 1. The monoisotopic (exact) mass is 117 g/mol. The molecule has 0 aromatic rings. The molecule has 0 rings (SSSR count). The Bertz CT molecular complexity index is 74.1. The molecule has 0 unspecified atom stereocenters. The molecular weight excluding hydrogens is 106 g/mol. The molecule has 0 saturated heterocycles. The fourth-order valence-corrected chi connectivity index (χ4v) is 0.668. The van der Waals surface area contributed by atoms with Gasteiger partial charge in [0.1, 0.15) is 9.68 Å². The second-order valence-corrected chi connectivity index (χ2v) is 3.11. The molecule has 0 heterocycles. The van der Waals surface area contributed by atoms with Gasteiger partial charge in [0.2, 0.25) is 5.91 Å². The summed E-state index contributed by atoms with van der Waals surface area (Å²) < 4.78 is 1.79. The van der Waals surface area contributed by atoms with E-state index in [4.69, 9.17) is 0 Å². The van der Waals surface area contributed by atoms with Crippen molar-refractivity contribution in [2.24, 2.45) is 0 Å². The highest BCUT2D eigenvalue weighted by Gasteiger charge is 1.94. The second kappa shape index (κ2) is 2.79. The minimum atomic E-state index is -0.225. The number of hydrogen-bond donors (Lipinski definition) is 0. The Kier molecular flexibility index (Phi) is 2.67. The van der Waals surface area contributed by atoms with Crippen molar-refractivity contribution in [2.45, 2.75) is 13.5 Å². The molecule has 0 atom stereocenters. The largest absolute Gasteiger partial charge is 0.378 e. The van der Waals surface area contributed by atoms with Crippen molar-refractivity contribution in [3.63, 3.8) is 0 Å². The van der Waals surface area contributed by atoms with Crippen molar-refractivity contribution in [3.8, 4) is 0 Å². The standard InChI is InChI=1S/C4H11NOSi/c1-4(6)5(2)7-3/h7H2,1-3H3. The molecular formula is C4H11NOSi. The van der Waals surface area contributed by atoms with Gasteiger partial charge < -0.3 is 4.57 Å². The first-order chi connectivity index (χ1) is 3.18. The van der Waals surface area contributed by atoms with E-state index < -0.39 is 0 Å². The van der Waals surface area contributed by atoms with Gasteiger partial charge in [-0.1, -0.05) is 6.55 Å². The Morgan fingerprint density at radius 2 is 2.14 bits per heavy atom. The molecule has 0 aliphatic heterocycles. The number of carbonyl (C=O) groups excluding carboxylic acids is 1. The molecule has 0 aromatic heterocycles. The van der Waals surface area contributed by atoms with Crippen molar-refractivity contribution in [1.82, 2.24) is 4.57 Å². The Morgan fingerprint density at radius 1 is 1.71 bits per heavy atom. The molecule has 0 aliphatic rings. The van der Waals surface area contributed by atoms with E-state index in [2.05, 4.69) is 6.55 Å². The zero-order valence-electron chi connectivity index (χ0n) is 5.06. The summed E-state index contributed by atoms with van der Waals surface area (Å²) in [5, 5.41) is 0. The molecule has 7 heavy (non-hydrogen) atoms. The maximum absolute atomic E-state index is 10.3. The van der Waals surface area contributed by atoms with Crippen LogP contribution in [0.15, 0.2) is 0 Å². The summed E-state index contributed by atoms with van der Waals surface area (Å²) in [6, 6.07) is 0. The molecule has 42 valence electrons. The molecule has 1 amide bonds. The average molecular weight is 117 g/mol. The van der Waals surface area contributed by atoms with Crippen LogP contribution < -0.4 is 0 Å². The van der Waals surface area contributed by atoms with Crippen LogP contribution in [-0.4, -0.2) is 27.2 Å². The molecule has 0 fully saturated rings. The normalized spacial score (nSPS) is 10.1. The molecule has 0 saturated carbocycles. The molecule has 3 heteroatoms. The molecule has 0 N–H and O–H groups in total. The molecule has 0 radical (unpaired) electrons. The lowest BCUT2D eigenvalue weighted by atomic mass is 10.7. The Labute approximate surface area is 46.4 Å². The summed E-state index contributed by atoms with van der Waals surface area (Å²) in [5.41, 5.74) is 0. The summed E-state index contributed by atoms with van der Waals surface area (Å²) >= 11 is 0. The van der Waals surface area contributed by atoms with Gasteiger partial charge in [0.25, 0.3) is 0 Å². The summed E-state index contributed by atoms with van der Waals surface area (Å²) in [5.74, 6) is 0.189. The highest BCUT2D eigenvalue weighted by molar-refractivity contribution is 6.34. The van der Waals surface area contributed by atoms with Crippen LogP contribution in [0.5, 0.6) is 0 Å². The topological polar surface area (TPSA) is 20.3 Å². The predicted molar refractivity (Wildman–Crippen MR) is 32.9 cm³/mol. The lowest BCUT2D eigenvalue weighted by molar-refractivity contribution is -0.123. The van der Waals surface area contributed by atoms with Crippen LogP contribution in [0.2, 0.25) is 6.55 Å². The van der Waals surface area contributed by atoms with E-state index in [1.54, 1.807) is 11.5 Å². The van der Waals surface area contributed by atoms with Gasteiger partial charge in [0.05, 0.1) is 0 Å². The van der Waals surface area contributed by atoms with E-state index in [9.17, 15) is 4.79 Å². The fraction of sp³-hybridized carbons (Fsp3) is 0.750. The Balaban J connectivity index is 3.34. The van der Waals surface area contributed by atoms with Crippen LogP contribution in [0.4, 0.5) is 0 Å². The third-order valence-corrected chi connectivity index (χ3v) is 2.41. The highest BCUT2D eigenvalue weighted by atomic mass is 28.2. The summed E-state index contributed by atoms with van der Waals surface area (Å²) in [4.78, 5) is 10.3. The smallest absolute Gasteiger partial charge is 0.210 e. The lowest BCUT2D eigenvalue weighted by Crippen LogP contribution is -2.25. The first-order valence-electron chi connectivity index (χ1n) is 2.40. The van der Waals surface area contributed by atoms with Gasteiger partial charge in [-0.15, -0.1) is 0 Å². The zero-order chi connectivity index (χ0) is 5.86. The van der Waals surface area contributed by atoms with Gasteiger partial charge in [0, 0.05) is 6.92 Å². The van der Waals surface area contributed by atoms with E-state index in [0.29, 0.717) is 0 Å². The van der Waals surface area contributed by atoms with Crippen LogP contribution in [-0.2, 0) is 4.79 Å². The quantitative estimate of drug-likeness (QED) is 0.428. The van der Waals surface area contributed by atoms with Gasteiger partial charge in [-0.25, -0.2) is 0 Å². The van der Waals surface area contributed by atoms with Gasteiger partial charge in [0.15, 0.2) is 0 Å². The van der Waals surface area contributed by atoms with Gasteiger partial charge in [-0.05, 0) is 7.05 Å². The Morgan fingerprint density at radius 3 is 2.14 bits per heavy atom. The average Bonchev–Trinajstić information content (AvgIpc) is 1.65. The van der Waals surface area contributed by atoms with Gasteiger partial charge in [-0.2, -0.15) is 0 Å². The molecule has 0 spiro atoms. The van der Waals surface area contributed by atoms with Crippen LogP contribution in [0, 0.1) is 0 Å². The second-order valence-electron chi connectivity index (χ2n) is 1.53. The third-order valence-electron chi connectivity index (χ3n) is 1.01. The minimum Gasteiger partial charge on any atom is -0.378 e. The lowest BCUT2D eigenvalue weighted by Gasteiger charge is -2.09. The van der Waals surface area contributed by atoms with E-state index in [1.165, 1.54) is 0 Å². The van der Waals surface area contributed by atoms with Crippen LogP contribution in [0.25, 0.3) is 0 Å². The van der Waals surface area contributed by atoms with E-state index in [0.717, 1.165) is 0 Å². The SMILES string of the molecule is C[SiH2]N(C)C(C)=O. The number of hydrogen-bond acceptors (Lipinski definition) is 1. The number of rotatable bonds is 1. The molecule has 2 nitrogen and oxygen atoms in total. The Hall–Kier alpha value is -0.313. The van der Waals surface area contributed by atoms with Crippen molar-refractivity contribution < 1.29 is 4.79 Å². The first-order valence-corrected chi connectivity index (χ1v) is 4.44. The van der Waals surface area contributed by atoms with Crippen LogP contribution >= 0.6 is 0 Å². The van der Waals surface area contributed by atoms with Crippen LogP contribution in [0.3, 0.4) is 0 Å². The van der Waals surface area contributed by atoms with Gasteiger partial charge >= 0.3 is 0 Å². The minimum absolute atomic E-state index is 0.189. The maximum Gasteiger partial charge on any atom is 0.210 e. The predicted octanol–water partition coefficient (Wildman–Crippen LogP) is -0.403. The molecule has 0 aliphatic carbocycles. The summed E-state index contributed by atoms with van der Waals surface area (Å²) in [7, 11) is 1.62. The number of amides is 1. The fourth-order valence-electron chi connectivity index (χ4n) is 0.223. The van der Waals surface area contributed by atoms with Crippen molar-refractivity contribution in [3.05, 3.63) is 0 Å². The van der Waals surface area contributed by atoms with Gasteiger partial charge in [-0.3, -0.25) is 4.79 Å². The van der Waals surface area contributed by atoms with E-state index >= 15 is 0 Å². The van der Waals surface area contributed by atoms with Crippen molar-refractivity contribution >= 4 is 15.6 Å². The summed E-state index contributed by atoms with van der Waals surface area (Å²) in [6.45, 7) is 3.68. The van der Waals surface area contributed by atoms with Crippen molar-refractivity contribution in [2.75, 3.05) is 7.05 Å². The van der Waals surface area contributed by atoms with Crippen LogP contribution in [0.1, 0.15) is 6.92 Å². The maximum atomic E-state index is 10.3.